The molecule has 62 valence electrons. The van der Waals surface area contributed by atoms with Gasteiger partial charge in [-0.15, -0.1) is 0 Å². The van der Waals surface area contributed by atoms with Gasteiger partial charge in [0.15, 0.2) is 0 Å². The molecule has 1 heterocycles. The Bertz CT molecular complexity index is 179. The van der Waals surface area contributed by atoms with Gasteiger partial charge in [-0.05, 0) is 0 Å². The fraction of sp³-hybridized carbons (Fsp3) is 0.667. The minimum atomic E-state index is -0.473. The molecule has 1 N–H and O–H groups in total. The number of hydrogen-bond donors (Lipinski definition) is 1. The van der Waals surface area contributed by atoms with E-state index in [4.69, 9.17) is 0 Å². The molecule has 0 bridgehead atoms. The topological polar surface area (TPSA) is 64.6 Å². The van der Waals surface area contributed by atoms with Gasteiger partial charge in [-0.2, -0.15) is 0 Å². The van der Waals surface area contributed by atoms with E-state index in [9.17, 15) is 9.59 Å². The third-order valence-electron chi connectivity index (χ3n) is 1.38. The zero-order valence-corrected chi connectivity index (χ0v) is 6.12. The summed E-state index contributed by atoms with van der Waals surface area (Å²) < 4.78 is 8.95. The lowest BCUT2D eigenvalue weighted by Crippen LogP contribution is -2.29. The van der Waals surface area contributed by atoms with Crippen LogP contribution in [0, 0.1) is 0 Å². The number of nitrogens with one attached hydrogen (secondary N) is 1. The summed E-state index contributed by atoms with van der Waals surface area (Å²) >= 11 is 0. The molecule has 0 aromatic rings. The van der Waals surface area contributed by atoms with E-state index in [-0.39, 0.29) is 25.0 Å². The van der Waals surface area contributed by atoms with Gasteiger partial charge < -0.3 is 14.8 Å². The SMILES string of the molecule is COC(=O)CC1COC(=O)N1. The first kappa shape index (κ1) is 7.84. The molecule has 1 aliphatic heterocycles. The fourth-order valence-corrected chi connectivity index (χ4v) is 0.821. The summed E-state index contributed by atoms with van der Waals surface area (Å²) in [6.45, 7) is 0.244. The van der Waals surface area contributed by atoms with Crippen LogP contribution in [0.4, 0.5) is 4.79 Å². The minimum absolute atomic E-state index is 0.169. The van der Waals surface area contributed by atoms with E-state index in [2.05, 4.69) is 14.8 Å². The number of methoxy groups -OCH3 is 1. The number of carbonyl (C=O) groups is 2. The predicted molar refractivity (Wildman–Crippen MR) is 34.9 cm³/mol. The van der Waals surface area contributed by atoms with Crippen molar-refractivity contribution in [1.29, 1.82) is 0 Å². The highest BCUT2D eigenvalue weighted by molar-refractivity contribution is 5.74. The number of ether oxygens (including phenoxy) is 2. The van der Waals surface area contributed by atoms with Gasteiger partial charge >= 0.3 is 12.1 Å². The molecule has 1 fully saturated rings. The van der Waals surface area contributed by atoms with Crippen molar-refractivity contribution >= 4 is 12.1 Å². The van der Waals surface area contributed by atoms with Crippen LogP contribution in [-0.2, 0) is 14.3 Å². The van der Waals surface area contributed by atoms with Crippen molar-refractivity contribution in [3.05, 3.63) is 0 Å². The van der Waals surface area contributed by atoms with E-state index in [1.807, 2.05) is 0 Å². The highest BCUT2D eigenvalue weighted by Crippen LogP contribution is 2.02. The van der Waals surface area contributed by atoms with Crippen molar-refractivity contribution in [2.24, 2.45) is 0 Å². The van der Waals surface area contributed by atoms with Crippen LogP contribution >= 0.6 is 0 Å². The van der Waals surface area contributed by atoms with Gasteiger partial charge in [0.2, 0.25) is 0 Å². The molecule has 0 aliphatic carbocycles. The molecule has 5 nitrogen and oxygen atoms in total. The maximum absolute atomic E-state index is 10.6. The lowest BCUT2D eigenvalue weighted by molar-refractivity contribution is -0.141. The van der Waals surface area contributed by atoms with Crippen LogP contribution in [0.3, 0.4) is 0 Å². The summed E-state index contributed by atoms with van der Waals surface area (Å²) in [5.74, 6) is -0.346. The molecule has 5 heteroatoms. The summed E-state index contributed by atoms with van der Waals surface area (Å²) in [6, 6.07) is -0.227. The van der Waals surface area contributed by atoms with E-state index in [0.29, 0.717) is 0 Å². The average Bonchev–Trinajstić information content (AvgIpc) is 2.35. The van der Waals surface area contributed by atoms with Crippen molar-refractivity contribution in [2.45, 2.75) is 12.5 Å². The number of rotatable bonds is 2. The lowest BCUT2D eigenvalue weighted by Gasteiger charge is -2.03. The van der Waals surface area contributed by atoms with Crippen LogP contribution < -0.4 is 5.32 Å². The van der Waals surface area contributed by atoms with Crippen molar-refractivity contribution in [3.8, 4) is 0 Å². The molecule has 0 spiro atoms. The maximum atomic E-state index is 10.6. The Morgan fingerprint density at radius 2 is 2.64 bits per heavy atom. The Kier molecular flexibility index (Phi) is 2.30. The van der Waals surface area contributed by atoms with E-state index in [1.54, 1.807) is 0 Å². The predicted octanol–water partition coefficient (Wildman–Crippen LogP) is -0.342. The van der Waals surface area contributed by atoms with E-state index >= 15 is 0 Å². The lowest BCUT2D eigenvalue weighted by atomic mass is 10.2. The van der Waals surface area contributed by atoms with Crippen LogP contribution in [0.2, 0.25) is 0 Å². The molecule has 0 aromatic carbocycles. The molecule has 1 aliphatic rings. The normalized spacial score (nSPS) is 22.3. The molecule has 1 amide bonds. The minimum Gasteiger partial charge on any atom is -0.469 e. The van der Waals surface area contributed by atoms with Crippen LogP contribution in [0.1, 0.15) is 6.42 Å². The van der Waals surface area contributed by atoms with Gasteiger partial charge in [-0.25, -0.2) is 4.79 Å². The monoisotopic (exact) mass is 159 g/mol. The van der Waals surface area contributed by atoms with Gasteiger partial charge in [0, 0.05) is 0 Å². The number of alkyl carbamates (subject to hydrolysis) is 1. The molecule has 0 radical (unpaired) electrons. The van der Waals surface area contributed by atoms with Crippen LogP contribution in [-0.4, -0.2) is 31.8 Å². The summed E-state index contributed by atoms with van der Waals surface area (Å²) in [4.78, 5) is 21.1. The zero-order valence-electron chi connectivity index (χ0n) is 6.12. The Morgan fingerprint density at radius 1 is 1.91 bits per heavy atom. The molecule has 1 unspecified atom stereocenters. The summed E-state index contributed by atoms with van der Waals surface area (Å²) in [7, 11) is 1.31. The van der Waals surface area contributed by atoms with E-state index in [1.165, 1.54) is 7.11 Å². The highest BCUT2D eigenvalue weighted by Gasteiger charge is 2.24. The Balaban J connectivity index is 2.28. The average molecular weight is 159 g/mol. The Labute approximate surface area is 63.7 Å². The molecule has 0 saturated carbocycles. The highest BCUT2D eigenvalue weighted by atomic mass is 16.6. The molecule has 1 atom stereocenters. The number of carbonyl (C=O) groups excluding carboxylic acids is 2. The van der Waals surface area contributed by atoms with Gasteiger partial charge in [-0.1, -0.05) is 0 Å². The van der Waals surface area contributed by atoms with Gasteiger partial charge in [0.1, 0.15) is 6.61 Å². The van der Waals surface area contributed by atoms with E-state index < -0.39 is 6.09 Å². The number of amides is 1. The van der Waals surface area contributed by atoms with Crippen LogP contribution in [0.5, 0.6) is 0 Å². The maximum Gasteiger partial charge on any atom is 0.407 e. The van der Waals surface area contributed by atoms with Crippen LogP contribution in [0.15, 0.2) is 0 Å². The summed E-state index contributed by atoms with van der Waals surface area (Å²) in [5.41, 5.74) is 0. The zero-order chi connectivity index (χ0) is 8.27. The van der Waals surface area contributed by atoms with E-state index in [0.717, 1.165) is 0 Å². The Morgan fingerprint density at radius 3 is 3.09 bits per heavy atom. The molecule has 0 aromatic heterocycles. The van der Waals surface area contributed by atoms with Gasteiger partial charge in [0.05, 0.1) is 19.6 Å². The van der Waals surface area contributed by atoms with Gasteiger partial charge in [0.25, 0.3) is 0 Å². The molecule has 1 rings (SSSR count). The summed E-state index contributed by atoms with van der Waals surface area (Å²) in [6.07, 6.45) is -0.304. The Hall–Kier alpha value is -1.26. The first-order valence-corrected chi connectivity index (χ1v) is 3.22. The number of hydrogen-bond acceptors (Lipinski definition) is 4. The van der Waals surface area contributed by atoms with Crippen molar-refractivity contribution < 1.29 is 19.1 Å². The quantitative estimate of drug-likeness (QED) is 0.560. The second-order valence-corrected chi connectivity index (χ2v) is 2.22. The van der Waals surface area contributed by atoms with Crippen molar-refractivity contribution in [2.75, 3.05) is 13.7 Å². The van der Waals surface area contributed by atoms with Gasteiger partial charge in [-0.3, -0.25) is 4.79 Å². The van der Waals surface area contributed by atoms with Crippen LogP contribution in [0.25, 0.3) is 0 Å². The molecule has 11 heavy (non-hydrogen) atoms. The largest absolute Gasteiger partial charge is 0.469 e. The summed E-state index contributed by atoms with van der Waals surface area (Å²) in [5, 5.41) is 2.46. The van der Waals surface area contributed by atoms with Crippen molar-refractivity contribution in [1.82, 2.24) is 5.32 Å². The molecule has 1 saturated heterocycles. The second-order valence-electron chi connectivity index (χ2n) is 2.22. The van der Waals surface area contributed by atoms with Crippen molar-refractivity contribution in [3.63, 3.8) is 0 Å². The smallest absolute Gasteiger partial charge is 0.407 e. The first-order valence-electron chi connectivity index (χ1n) is 3.22. The number of cyclic esters (lactones) is 1. The fourth-order valence-electron chi connectivity index (χ4n) is 0.821. The second kappa shape index (κ2) is 3.23. The molecular formula is C6H9NO4. The molecular weight excluding hydrogens is 150 g/mol. The standard InChI is InChI=1S/C6H9NO4/c1-10-5(8)2-4-3-11-6(9)7-4/h4H,2-3H2,1H3,(H,7,9). The number of esters is 1. The first-order chi connectivity index (χ1) is 5.22. The third-order valence-corrected chi connectivity index (χ3v) is 1.38. The third kappa shape index (κ3) is 2.10.